The Morgan fingerprint density at radius 2 is 1.81 bits per heavy atom. The van der Waals surface area contributed by atoms with Crippen molar-refractivity contribution >= 4 is 45.8 Å². The van der Waals surface area contributed by atoms with Crippen LogP contribution in [0.25, 0.3) is 22.0 Å². The number of carbonyl (C=O) groups excluding carboxylic acids is 1. The van der Waals surface area contributed by atoms with Gasteiger partial charge >= 0.3 is 6.03 Å². The molecule has 0 radical (unpaired) electrons. The molecule has 0 atom stereocenters. The van der Waals surface area contributed by atoms with Gasteiger partial charge in [-0.15, -0.1) is 0 Å². The van der Waals surface area contributed by atoms with E-state index in [0.29, 0.717) is 12.5 Å². The van der Waals surface area contributed by atoms with E-state index >= 15 is 0 Å². The third kappa shape index (κ3) is 3.81. The number of urea groups is 1. The number of pyridine rings is 1. The van der Waals surface area contributed by atoms with Gasteiger partial charge < -0.3 is 10.4 Å². The second kappa shape index (κ2) is 8.21. The molecule has 5 nitrogen and oxygen atoms in total. The number of hydrogen-bond acceptors (Lipinski definition) is 3. The number of halogens is 2. The first-order chi connectivity index (χ1) is 15.0. The van der Waals surface area contributed by atoms with Crippen LogP contribution in [-0.2, 0) is 6.54 Å². The molecule has 7 heteroatoms. The Kier molecular flexibility index (Phi) is 5.40. The summed E-state index contributed by atoms with van der Waals surface area (Å²) in [6.07, 6.45) is 7.94. The molecule has 2 aromatic carbocycles. The van der Waals surface area contributed by atoms with Gasteiger partial charge in [0.1, 0.15) is 0 Å². The summed E-state index contributed by atoms with van der Waals surface area (Å²) in [6, 6.07) is 9.28. The molecule has 2 aliphatic rings. The Morgan fingerprint density at radius 3 is 2.55 bits per heavy atom. The second-order valence-corrected chi connectivity index (χ2v) is 9.24. The number of aromatic nitrogens is 1. The number of carbonyl (C=O) groups is 1. The van der Waals surface area contributed by atoms with Crippen LogP contribution in [0.5, 0.6) is 5.75 Å². The number of hydrogen-bond donors (Lipinski definition) is 2. The maximum Gasteiger partial charge on any atom is 0.322 e. The topological polar surface area (TPSA) is 65.5 Å². The SMILES string of the molecule is O=C1NCc2cnc3ccc(-c4cc(Cl)c(O)c(Cl)c4)cc3c2N1CC1CCCCC1. The van der Waals surface area contributed by atoms with Crippen LogP contribution in [0.1, 0.15) is 37.7 Å². The number of anilines is 1. The van der Waals surface area contributed by atoms with E-state index in [1.807, 2.05) is 29.3 Å². The van der Waals surface area contributed by atoms with E-state index in [-0.39, 0.29) is 21.8 Å². The summed E-state index contributed by atoms with van der Waals surface area (Å²) in [6.45, 7) is 1.19. The number of phenols is 1. The van der Waals surface area contributed by atoms with E-state index < -0.39 is 0 Å². The molecule has 0 bridgehead atoms. The van der Waals surface area contributed by atoms with Gasteiger partial charge in [-0.05, 0) is 54.2 Å². The molecule has 31 heavy (non-hydrogen) atoms. The Bertz CT molecular complexity index is 1150. The molecule has 2 heterocycles. The Balaban J connectivity index is 1.62. The number of rotatable bonds is 3. The van der Waals surface area contributed by atoms with E-state index in [1.54, 1.807) is 12.1 Å². The average molecular weight is 456 g/mol. The lowest BCUT2D eigenvalue weighted by molar-refractivity contribution is 0.241. The van der Waals surface area contributed by atoms with Crippen molar-refractivity contribution in [2.45, 2.75) is 38.6 Å². The lowest BCUT2D eigenvalue weighted by Gasteiger charge is -2.34. The van der Waals surface area contributed by atoms with Gasteiger partial charge in [-0.25, -0.2) is 4.79 Å². The summed E-state index contributed by atoms with van der Waals surface area (Å²) in [5, 5.41) is 14.2. The normalized spacial score (nSPS) is 17.0. The monoisotopic (exact) mass is 455 g/mol. The minimum absolute atomic E-state index is 0.0494. The molecule has 2 amide bonds. The van der Waals surface area contributed by atoms with Crippen molar-refractivity contribution in [2.75, 3.05) is 11.4 Å². The fourth-order valence-corrected chi connectivity index (χ4v) is 5.24. The molecular formula is C24H23Cl2N3O2. The third-order valence-corrected chi connectivity index (χ3v) is 6.95. The number of phenolic OH excluding ortho intramolecular Hbond substituents is 1. The van der Waals surface area contributed by atoms with E-state index in [4.69, 9.17) is 23.2 Å². The third-order valence-electron chi connectivity index (χ3n) is 6.38. The quantitative estimate of drug-likeness (QED) is 0.471. The molecule has 1 fully saturated rings. The maximum atomic E-state index is 12.9. The molecule has 0 unspecified atom stereocenters. The molecule has 1 saturated carbocycles. The van der Waals surface area contributed by atoms with Gasteiger partial charge in [0, 0.05) is 30.2 Å². The minimum Gasteiger partial charge on any atom is -0.505 e. The van der Waals surface area contributed by atoms with Gasteiger partial charge in [0.05, 0.1) is 21.2 Å². The lowest BCUT2D eigenvalue weighted by atomic mass is 9.88. The number of nitrogens with zero attached hydrogens (tertiary/aromatic N) is 2. The van der Waals surface area contributed by atoms with Crippen LogP contribution in [0.15, 0.2) is 36.5 Å². The standard InChI is InChI=1S/C24H23Cl2N3O2/c25-19-9-16(10-20(26)23(19)30)15-6-7-21-18(8-15)22-17(11-27-21)12-28-24(31)29(22)13-14-4-2-1-3-5-14/h6-11,14,30H,1-5,12-13H2,(H,28,31). The minimum atomic E-state index is -0.123. The van der Waals surface area contributed by atoms with Crippen LogP contribution in [0.2, 0.25) is 10.0 Å². The van der Waals surface area contributed by atoms with Crippen molar-refractivity contribution < 1.29 is 9.90 Å². The highest BCUT2D eigenvalue weighted by Gasteiger charge is 2.29. The summed E-state index contributed by atoms with van der Waals surface area (Å²) in [7, 11) is 0. The van der Waals surface area contributed by atoms with Crippen LogP contribution < -0.4 is 10.2 Å². The van der Waals surface area contributed by atoms with Gasteiger partial charge in [-0.1, -0.05) is 48.5 Å². The van der Waals surface area contributed by atoms with Gasteiger partial charge in [-0.3, -0.25) is 9.88 Å². The van der Waals surface area contributed by atoms with E-state index in [2.05, 4.69) is 10.3 Å². The lowest BCUT2D eigenvalue weighted by Crippen LogP contribution is -2.46. The van der Waals surface area contributed by atoms with Gasteiger partial charge in [0.2, 0.25) is 0 Å². The van der Waals surface area contributed by atoms with Crippen LogP contribution in [0.4, 0.5) is 10.5 Å². The fraction of sp³-hybridized carbons (Fsp3) is 0.333. The summed E-state index contributed by atoms with van der Waals surface area (Å²) in [5.74, 6) is 0.397. The van der Waals surface area contributed by atoms with Crippen LogP contribution >= 0.6 is 23.2 Å². The maximum absolute atomic E-state index is 12.9. The second-order valence-electron chi connectivity index (χ2n) is 8.43. The van der Waals surface area contributed by atoms with Crippen LogP contribution in [0.3, 0.4) is 0 Å². The zero-order valence-corrected chi connectivity index (χ0v) is 18.5. The molecule has 1 aliphatic carbocycles. The summed E-state index contributed by atoms with van der Waals surface area (Å²) in [4.78, 5) is 19.4. The first kappa shape index (κ1) is 20.4. The number of fused-ring (bicyclic) bond motifs is 3. The predicted octanol–water partition coefficient (Wildman–Crippen LogP) is 6.52. The van der Waals surface area contributed by atoms with Crippen molar-refractivity contribution in [3.63, 3.8) is 0 Å². The number of amides is 2. The van der Waals surface area contributed by atoms with Gasteiger partial charge in [0.25, 0.3) is 0 Å². The number of aromatic hydroxyl groups is 1. The van der Waals surface area contributed by atoms with Crippen LogP contribution in [-0.4, -0.2) is 22.7 Å². The van der Waals surface area contributed by atoms with Crippen molar-refractivity contribution in [3.05, 3.63) is 52.1 Å². The summed E-state index contributed by atoms with van der Waals surface area (Å²) >= 11 is 12.3. The molecule has 1 aliphatic heterocycles. The molecular weight excluding hydrogens is 433 g/mol. The first-order valence-corrected chi connectivity index (χ1v) is 11.4. The van der Waals surface area contributed by atoms with E-state index in [9.17, 15) is 9.90 Å². The molecule has 1 aromatic heterocycles. The summed E-state index contributed by atoms with van der Waals surface area (Å²) < 4.78 is 0. The Morgan fingerprint density at radius 1 is 1.06 bits per heavy atom. The zero-order valence-electron chi connectivity index (χ0n) is 17.0. The highest BCUT2D eigenvalue weighted by molar-refractivity contribution is 6.37. The number of nitrogens with one attached hydrogen (secondary N) is 1. The zero-order chi connectivity index (χ0) is 21.5. The van der Waals surface area contributed by atoms with Crippen LogP contribution in [0, 0.1) is 5.92 Å². The van der Waals surface area contributed by atoms with Crippen molar-refractivity contribution in [3.8, 4) is 16.9 Å². The molecule has 0 spiro atoms. The highest BCUT2D eigenvalue weighted by atomic mass is 35.5. The molecule has 3 aromatic rings. The largest absolute Gasteiger partial charge is 0.505 e. The Labute approximate surface area is 191 Å². The average Bonchev–Trinajstić information content (AvgIpc) is 2.79. The highest BCUT2D eigenvalue weighted by Crippen LogP contribution is 2.39. The van der Waals surface area contributed by atoms with E-state index in [0.717, 1.165) is 52.7 Å². The molecule has 2 N–H and O–H groups in total. The molecule has 160 valence electrons. The number of benzene rings is 2. The van der Waals surface area contributed by atoms with Gasteiger partial charge in [0.15, 0.2) is 5.75 Å². The molecule has 5 rings (SSSR count). The predicted molar refractivity (Wildman–Crippen MR) is 125 cm³/mol. The van der Waals surface area contributed by atoms with Crippen molar-refractivity contribution in [1.82, 2.24) is 10.3 Å². The smallest absolute Gasteiger partial charge is 0.322 e. The van der Waals surface area contributed by atoms with Crippen molar-refractivity contribution in [2.24, 2.45) is 5.92 Å². The summed E-state index contributed by atoms with van der Waals surface area (Å²) in [5.41, 5.74) is 4.49. The van der Waals surface area contributed by atoms with Crippen molar-refractivity contribution in [1.29, 1.82) is 0 Å². The van der Waals surface area contributed by atoms with Gasteiger partial charge in [-0.2, -0.15) is 0 Å². The van der Waals surface area contributed by atoms with E-state index in [1.165, 1.54) is 19.3 Å². The fourth-order valence-electron chi connectivity index (χ4n) is 4.75. The molecule has 0 saturated heterocycles. The Hall–Kier alpha value is -2.50. The first-order valence-electron chi connectivity index (χ1n) is 10.7.